The largest absolute Gasteiger partial charge is 0.276 e. The average molecular weight is 315 g/mol. The maximum Gasteiger partial charge on any atom is 0.276 e. The van der Waals surface area contributed by atoms with Crippen molar-refractivity contribution in [3.63, 3.8) is 0 Å². The van der Waals surface area contributed by atoms with Crippen LogP contribution in [0.25, 0.3) is 0 Å². The van der Waals surface area contributed by atoms with Crippen LogP contribution in [0.3, 0.4) is 0 Å². The van der Waals surface area contributed by atoms with E-state index in [1.165, 1.54) is 0 Å². The molecule has 1 aliphatic rings. The van der Waals surface area contributed by atoms with Crippen molar-refractivity contribution in [1.29, 1.82) is 0 Å². The summed E-state index contributed by atoms with van der Waals surface area (Å²) in [5, 5.41) is 4.05. The zero-order chi connectivity index (χ0) is 14.8. The monoisotopic (exact) mass is 314 g/mol. The van der Waals surface area contributed by atoms with Gasteiger partial charge in [0.15, 0.2) is 0 Å². The molecule has 1 saturated carbocycles. The van der Waals surface area contributed by atoms with Gasteiger partial charge in [-0.25, -0.2) is 4.83 Å². The fourth-order valence-electron chi connectivity index (χ4n) is 2.21. The third-order valence-corrected chi connectivity index (χ3v) is 5.18. The number of hydrogen-bond donors (Lipinski definition) is 1. The van der Waals surface area contributed by atoms with Crippen LogP contribution in [-0.4, -0.2) is 19.0 Å². The predicted molar refractivity (Wildman–Crippen MR) is 81.7 cm³/mol. The van der Waals surface area contributed by atoms with E-state index in [1.54, 1.807) is 24.3 Å². The highest BCUT2D eigenvalue weighted by molar-refractivity contribution is 7.89. The molecule has 20 heavy (non-hydrogen) atoms. The van der Waals surface area contributed by atoms with Gasteiger partial charge >= 0.3 is 0 Å². The second-order valence-electron chi connectivity index (χ2n) is 5.37. The minimum atomic E-state index is -3.62. The number of hydrogen-bond acceptors (Lipinski definition) is 3. The molecule has 4 nitrogen and oxygen atoms in total. The van der Waals surface area contributed by atoms with Crippen molar-refractivity contribution in [3.8, 4) is 0 Å². The minimum absolute atomic E-state index is 0.208. The number of aryl methyl sites for hydroxylation is 1. The molecule has 0 radical (unpaired) electrons. The van der Waals surface area contributed by atoms with Gasteiger partial charge in [0.25, 0.3) is 10.0 Å². The maximum absolute atomic E-state index is 12.1. The second-order valence-corrected chi connectivity index (χ2v) is 7.87. The van der Waals surface area contributed by atoms with Crippen LogP contribution in [0.4, 0.5) is 0 Å². The molecular weight excluding hydrogens is 296 g/mol. The van der Waals surface area contributed by atoms with Gasteiger partial charge in [-0.1, -0.05) is 24.1 Å². The molecule has 0 amide bonds. The maximum atomic E-state index is 12.1. The highest BCUT2D eigenvalue weighted by atomic mass is 35.5. The summed E-state index contributed by atoms with van der Waals surface area (Å²) < 4.78 is 24.3. The molecular formula is C14H19ClN2O2S. The van der Waals surface area contributed by atoms with Crippen LogP contribution < -0.4 is 4.83 Å². The van der Waals surface area contributed by atoms with Crippen LogP contribution >= 0.6 is 11.6 Å². The lowest BCUT2D eigenvalue weighted by molar-refractivity contribution is 0.570. The first-order chi connectivity index (χ1) is 9.31. The van der Waals surface area contributed by atoms with Gasteiger partial charge in [-0.3, -0.25) is 0 Å². The van der Waals surface area contributed by atoms with E-state index >= 15 is 0 Å². The molecule has 0 aliphatic heterocycles. The molecule has 1 aromatic carbocycles. The van der Waals surface area contributed by atoms with E-state index in [1.807, 2.05) is 13.8 Å². The summed E-state index contributed by atoms with van der Waals surface area (Å²) in [6.07, 6.45) is 3.59. The Bertz CT molecular complexity index is 607. The summed E-state index contributed by atoms with van der Waals surface area (Å²) >= 11 is 6.37. The van der Waals surface area contributed by atoms with Gasteiger partial charge in [-0.05, 0) is 45.2 Å². The number of sulfonamides is 1. The van der Waals surface area contributed by atoms with Crippen LogP contribution in [-0.2, 0) is 10.0 Å². The van der Waals surface area contributed by atoms with Crippen LogP contribution in [0.5, 0.6) is 0 Å². The van der Waals surface area contributed by atoms with Crippen molar-refractivity contribution in [2.24, 2.45) is 5.10 Å². The van der Waals surface area contributed by atoms with Crippen LogP contribution in [0.15, 0.2) is 34.3 Å². The molecule has 1 aliphatic carbocycles. The van der Waals surface area contributed by atoms with E-state index in [4.69, 9.17) is 11.6 Å². The van der Waals surface area contributed by atoms with Crippen LogP contribution in [0.1, 0.15) is 38.2 Å². The van der Waals surface area contributed by atoms with E-state index in [2.05, 4.69) is 9.93 Å². The van der Waals surface area contributed by atoms with Crippen molar-refractivity contribution in [1.82, 2.24) is 4.83 Å². The number of nitrogens with one attached hydrogen (secondary N) is 1. The first-order valence-corrected chi connectivity index (χ1v) is 8.52. The van der Waals surface area contributed by atoms with Gasteiger partial charge in [0.2, 0.25) is 0 Å². The van der Waals surface area contributed by atoms with Crippen molar-refractivity contribution in [2.45, 2.75) is 49.3 Å². The third kappa shape index (κ3) is 3.52. The summed E-state index contributed by atoms with van der Waals surface area (Å²) in [5.74, 6) is 0. The lowest BCUT2D eigenvalue weighted by Gasteiger charge is -2.28. The summed E-state index contributed by atoms with van der Waals surface area (Å²) in [7, 11) is -3.62. The summed E-state index contributed by atoms with van der Waals surface area (Å²) in [4.78, 5) is 1.96. The number of hydrazone groups is 1. The zero-order valence-electron chi connectivity index (χ0n) is 11.7. The molecule has 0 heterocycles. The van der Waals surface area contributed by atoms with Gasteiger partial charge in [0, 0.05) is 0 Å². The van der Waals surface area contributed by atoms with Crippen molar-refractivity contribution in [3.05, 3.63) is 29.8 Å². The third-order valence-electron chi connectivity index (χ3n) is 3.54. The molecule has 0 saturated heterocycles. The normalized spacial score (nSPS) is 25.6. The van der Waals surface area contributed by atoms with Crippen molar-refractivity contribution in [2.75, 3.05) is 0 Å². The van der Waals surface area contributed by atoms with E-state index in [0.717, 1.165) is 31.2 Å². The Labute approximate surface area is 125 Å². The van der Waals surface area contributed by atoms with Gasteiger partial charge in [-0.2, -0.15) is 13.5 Å². The summed E-state index contributed by atoms with van der Waals surface area (Å²) in [6, 6.07) is 6.65. The minimum Gasteiger partial charge on any atom is -0.200 e. The number of benzene rings is 1. The average Bonchev–Trinajstić information content (AvgIpc) is 2.37. The first kappa shape index (κ1) is 15.3. The lowest BCUT2D eigenvalue weighted by Crippen LogP contribution is -2.34. The first-order valence-electron chi connectivity index (χ1n) is 6.66. The second kappa shape index (κ2) is 5.74. The lowest BCUT2D eigenvalue weighted by atomic mass is 9.88. The molecule has 0 aromatic heterocycles. The highest BCUT2D eigenvalue weighted by Crippen LogP contribution is 2.31. The van der Waals surface area contributed by atoms with Crippen LogP contribution in [0, 0.1) is 6.92 Å². The number of alkyl halides is 1. The fourth-order valence-corrected chi connectivity index (χ4v) is 3.31. The van der Waals surface area contributed by atoms with E-state index in [9.17, 15) is 8.42 Å². The van der Waals surface area contributed by atoms with E-state index < -0.39 is 14.9 Å². The molecule has 1 atom stereocenters. The SMILES string of the molecule is Cc1ccc(S(=O)(=O)N/N=C2/CCCCC2(C)Cl)cc1. The highest BCUT2D eigenvalue weighted by Gasteiger charge is 2.31. The van der Waals surface area contributed by atoms with E-state index in [0.29, 0.717) is 5.71 Å². The predicted octanol–water partition coefficient (Wildman–Crippen LogP) is 3.20. The summed E-state index contributed by atoms with van der Waals surface area (Å²) in [6.45, 7) is 3.79. The molecule has 2 rings (SSSR count). The molecule has 1 N–H and O–H groups in total. The van der Waals surface area contributed by atoms with Crippen molar-refractivity contribution >= 4 is 27.3 Å². The van der Waals surface area contributed by atoms with E-state index in [-0.39, 0.29) is 4.90 Å². The number of rotatable bonds is 3. The van der Waals surface area contributed by atoms with Crippen molar-refractivity contribution < 1.29 is 8.42 Å². The topological polar surface area (TPSA) is 58.5 Å². The Hall–Kier alpha value is -1.07. The van der Waals surface area contributed by atoms with Gasteiger partial charge in [0.1, 0.15) is 0 Å². The summed E-state index contributed by atoms with van der Waals surface area (Å²) in [5.41, 5.74) is 1.72. The molecule has 1 unspecified atom stereocenters. The van der Waals surface area contributed by atoms with Gasteiger partial charge in [0.05, 0.1) is 15.5 Å². The Morgan fingerprint density at radius 3 is 2.50 bits per heavy atom. The van der Waals surface area contributed by atoms with Gasteiger partial charge in [-0.15, -0.1) is 11.6 Å². The Balaban J connectivity index is 2.18. The standard InChI is InChI=1S/C14H19ClN2O2S/c1-11-6-8-12(9-7-11)20(18,19)17-16-13-5-3-4-10-14(13,2)15/h6-9,17H,3-5,10H2,1-2H3/b16-13-. The zero-order valence-corrected chi connectivity index (χ0v) is 13.3. The fraction of sp³-hybridized carbons (Fsp3) is 0.500. The molecule has 0 spiro atoms. The van der Waals surface area contributed by atoms with Crippen LogP contribution in [0.2, 0.25) is 0 Å². The quantitative estimate of drug-likeness (QED) is 0.688. The Morgan fingerprint density at radius 2 is 1.90 bits per heavy atom. The molecule has 6 heteroatoms. The van der Waals surface area contributed by atoms with Gasteiger partial charge < -0.3 is 0 Å². The molecule has 0 bridgehead atoms. The Morgan fingerprint density at radius 1 is 1.25 bits per heavy atom. The molecule has 1 fully saturated rings. The molecule has 110 valence electrons. The Kier molecular flexibility index (Phi) is 4.39. The number of nitrogens with zero attached hydrogens (tertiary/aromatic N) is 1. The smallest absolute Gasteiger partial charge is 0.200 e. The number of halogens is 1. The molecule has 1 aromatic rings.